The van der Waals surface area contributed by atoms with E-state index < -0.39 is 40.0 Å². The summed E-state index contributed by atoms with van der Waals surface area (Å²) in [7, 11) is 0. The number of ether oxygens (including phenoxy) is 1. The van der Waals surface area contributed by atoms with E-state index in [2.05, 4.69) is 47.0 Å². The first kappa shape index (κ1) is 25.6. The van der Waals surface area contributed by atoms with Gasteiger partial charge in [0.1, 0.15) is 16.5 Å². The largest absolute Gasteiger partial charge is 0.478 e. The van der Waals surface area contributed by atoms with Gasteiger partial charge in [-0.1, -0.05) is 0 Å². The molecule has 0 fully saturated rings. The number of ketones is 1. The summed E-state index contributed by atoms with van der Waals surface area (Å²) in [5, 5.41) is 19.5. The molecule has 4 aromatic rings. The Morgan fingerprint density at radius 2 is 1.94 bits per heavy atom. The lowest BCUT2D eigenvalue weighted by atomic mass is 10.1. The van der Waals surface area contributed by atoms with Gasteiger partial charge >= 0.3 is 5.82 Å². The average molecular weight is 626 g/mol. The van der Waals surface area contributed by atoms with Crippen molar-refractivity contribution in [1.29, 1.82) is 0 Å². The summed E-state index contributed by atoms with van der Waals surface area (Å²) in [5.41, 5.74) is 0.00770. The second-order valence-corrected chi connectivity index (χ2v) is 9.11. The van der Waals surface area contributed by atoms with Gasteiger partial charge in [-0.2, -0.15) is 10.2 Å². The Hall–Kier alpha value is -3.52. The molecule has 1 unspecified atom stereocenters. The normalized spacial score (nSPS) is 11.9. The molecule has 0 aliphatic carbocycles. The maximum atomic E-state index is 14.9. The second kappa shape index (κ2) is 10.2. The molecule has 0 bridgehead atoms. The van der Waals surface area contributed by atoms with Crippen molar-refractivity contribution in [1.82, 2.24) is 24.5 Å². The minimum absolute atomic E-state index is 0.112. The number of nitro groups is 1. The van der Waals surface area contributed by atoms with Gasteiger partial charge in [-0.25, -0.2) is 13.5 Å². The predicted molar refractivity (Wildman–Crippen MR) is 130 cm³/mol. The summed E-state index contributed by atoms with van der Waals surface area (Å²) in [5.74, 6) is -2.95. The van der Waals surface area contributed by atoms with Crippen molar-refractivity contribution in [3.05, 3.63) is 90.5 Å². The van der Waals surface area contributed by atoms with Gasteiger partial charge in [0, 0.05) is 18.2 Å². The highest BCUT2D eigenvalue weighted by Gasteiger charge is 2.28. The van der Waals surface area contributed by atoms with Gasteiger partial charge in [0.2, 0.25) is 11.5 Å². The number of hydrogen-bond acceptors (Lipinski definition) is 7. The van der Waals surface area contributed by atoms with Crippen molar-refractivity contribution in [3.63, 3.8) is 0 Å². The maximum Gasteiger partial charge on any atom is 0.406 e. The lowest BCUT2D eigenvalue weighted by Crippen LogP contribution is -2.16. The predicted octanol–water partition coefficient (Wildman–Crippen LogP) is 5.57. The van der Waals surface area contributed by atoms with Crippen LogP contribution in [0.2, 0.25) is 0 Å². The van der Waals surface area contributed by atoms with Gasteiger partial charge in [-0.05, 0) is 73.8 Å². The van der Waals surface area contributed by atoms with Gasteiger partial charge < -0.3 is 14.9 Å². The molecule has 0 spiro atoms. The Bertz CT molecular complexity index is 1490. The Morgan fingerprint density at radius 1 is 1.19 bits per heavy atom. The standard InChI is InChI=1S/C22H16Br2F2N6O4/c1-3-30-21(24)15(9-28-30)20(33)19-16(26)10-29-31(19)17-5-4-13(25)7-14(17)11(2)36-18-6-12(23)8-27-22(18)32(34)35/h4-11H,3H2,1-2H3. The Kier molecular flexibility index (Phi) is 7.26. The summed E-state index contributed by atoms with van der Waals surface area (Å²) >= 11 is 6.49. The molecule has 0 radical (unpaired) electrons. The number of rotatable bonds is 8. The Balaban J connectivity index is 1.80. The van der Waals surface area contributed by atoms with Crippen LogP contribution in [0.5, 0.6) is 5.75 Å². The molecular formula is C22H16Br2F2N6O4. The number of pyridine rings is 1. The topological polar surface area (TPSA) is 118 Å². The van der Waals surface area contributed by atoms with Crippen molar-refractivity contribution >= 4 is 43.5 Å². The molecule has 1 atom stereocenters. The van der Waals surface area contributed by atoms with E-state index in [-0.39, 0.29) is 22.6 Å². The van der Waals surface area contributed by atoms with Gasteiger partial charge in [-0.3, -0.25) is 9.48 Å². The molecule has 4 rings (SSSR count). The van der Waals surface area contributed by atoms with E-state index in [1.54, 1.807) is 0 Å². The van der Waals surface area contributed by atoms with E-state index >= 15 is 0 Å². The fourth-order valence-electron chi connectivity index (χ4n) is 3.52. The van der Waals surface area contributed by atoms with Crippen LogP contribution in [-0.2, 0) is 6.54 Å². The summed E-state index contributed by atoms with van der Waals surface area (Å²) in [6.45, 7) is 3.82. The first-order chi connectivity index (χ1) is 17.1. The summed E-state index contributed by atoms with van der Waals surface area (Å²) < 4.78 is 38.3. The quantitative estimate of drug-likeness (QED) is 0.143. The highest BCUT2D eigenvalue weighted by molar-refractivity contribution is 9.10. The molecule has 0 saturated carbocycles. The van der Waals surface area contributed by atoms with Crippen LogP contribution >= 0.6 is 31.9 Å². The van der Waals surface area contributed by atoms with Crippen LogP contribution in [0.1, 0.15) is 41.6 Å². The van der Waals surface area contributed by atoms with E-state index in [4.69, 9.17) is 4.74 Å². The van der Waals surface area contributed by atoms with Gasteiger partial charge in [0.15, 0.2) is 17.7 Å². The number of nitrogens with zero attached hydrogens (tertiary/aromatic N) is 6. The molecule has 0 N–H and O–H groups in total. The van der Waals surface area contributed by atoms with Crippen molar-refractivity contribution in [2.24, 2.45) is 0 Å². The van der Waals surface area contributed by atoms with E-state index in [1.807, 2.05) is 6.92 Å². The summed E-state index contributed by atoms with van der Waals surface area (Å²) in [6, 6.07) is 4.90. The molecular weight excluding hydrogens is 610 g/mol. The van der Waals surface area contributed by atoms with Crippen molar-refractivity contribution in [2.45, 2.75) is 26.5 Å². The zero-order valence-electron chi connectivity index (χ0n) is 18.7. The molecule has 3 aromatic heterocycles. The van der Waals surface area contributed by atoms with Crippen LogP contribution in [0.15, 0.2) is 51.9 Å². The lowest BCUT2D eigenvalue weighted by molar-refractivity contribution is -0.390. The minimum atomic E-state index is -0.990. The molecule has 36 heavy (non-hydrogen) atoms. The van der Waals surface area contributed by atoms with Crippen LogP contribution in [0, 0.1) is 21.7 Å². The lowest BCUT2D eigenvalue weighted by Gasteiger charge is -2.19. The number of aryl methyl sites for hydroxylation is 1. The van der Waals surface area contributed by atoms with E-state index in [1.165, 1.54) is 36.1 Å². The number of benzene rings is 1. The number of carbonyl (C=O) groups is 1. The third kappa shape index (κ3) is 4.78. The zero-order valence-corrected chi connectivity index (χ0v) is 21.8. The van der Waals surface area contributed by atoms with Crippen molar-refractivity contribution in [2.75, 3.05) is 0 Å². The van der Waals surface area contributed by atoms with Crippen molar-refractivity contribution in [3.8, 4) is 11.4 Å². The van der Waals surface area contributed by atoms with Crippen LogP contribution < -0.4 is 4.74 Å². The van der Waals surface area contributed by atoms with Gasteiger partial charge in [0.05, 0.1) is 28.1 Å². The molecule has 0 aliphatic heterocycles. The molecule has 14 heteroatoms. The van der Waals surface area contributed by atoms with Crippen LogP contribution in [-0.4, -0.2) is 35.3 Å². The fraction of sp³-hybridized carbons (Fsp3) is 0.182. The molecule has 186 valence electrons. The third-order valence-electron chi connectivity index (χ3n) is 5.19. The molecule has 0 amide bonds. The highest BCUT2D eigenvalue weighted by atomic mass is 79.9. The first-order valence-electron chi connectivity index (χ1n) is 10.4. The number of hydrogen-bond donors (Lipinski definition) is 0. The monoisotopic (exact) mass is 624 g/mol. The highest BCUT2D eigenvalue weighted by Crippen LogP contribution is 2.34. The Labute approximate surface area is 219 Å². The molecule has 0 saturated heterocycles. The number of carbonyl (C=O) groups excluding carboxylic acids is 1. The molecule has 1 aromatic carbocycles. The molecule has 10 nitrogen and oxygen atoms in total. The van der Waals surface area contributed by atoms with Gasteiger partial charge in [-0.15, -0.1) is 0 Å². The fourth-order valence-corrected chi connectivity index (χ4v) is 4.46. The summed E-state index contributed by atoms with van der Waals surface area (Å²) in [6.07, 6.45) is 2.43. The maximum absolute atomic E-state index is 14.9. The summed E-state index contributed by atoms with van der Waals surface area (Å²) in [4.78, 5) is 27.7. The van der Waals surface area contributed by atoms with Crippen LogP contribution in [0.4, 0.5) is 14.6 Å². The van der Waals surface area contributed by atoms with Crippen molar-refractivity contribution < 1.29 is 23.2 Å². The van der Waals surface area contributed by atoms with E-state index in [9.17, 15) is 23.7 Å². The van der Waals surface area contributed by atoms with Crippen LogP contribution in [0.25, 0.3) is 5.69 Å². The molecule has 3 heterocycles. The minimum Gasteiger partial charge on any atom is -0.478 e. The zero-order chi connectivity index (χ0) is 26.1. The molecule has 0 aliphatic rings. The van der Waals surface area contributed by atoms with Crippen LogP contribution in [0.3, 0.4) is 0 Å². The Morgan fingerprint density at radius 3 is 2.61 bits per heavy atom. The first-order valence-corrected chi connectivity index (χ1v) is 12.0. The van der Waals surface area contributed by atoms with E-state index in [0.29, 0.717) is 15.6 Å². The third-order valence-corrected chi connectivity index (χ3v) is 6.46. The second-order valence-electron chi connectivity index (χ2n) is 7.44. The SMILES string of the molecule is CCn1ncc(C(=O)c2c(F)cnn2-c2ccc(F)cc2C(C)Oc2cc(Br)cnc2[N+](=O)[O-])c1Br. The number of halogens is 4. The van der Waals surface area contributed by atoms with E-state index in [0.717, 1.165) is 23.0 Å². The average Bonchev–Trinajstić information content (AvgIpc) is 3.40. The number of aromatic nitrogens is 5. The van der Waals surface area contributed by atoms with Gasteiger partial charge in [0.25, 0.3) is 0 Å². The smallest absolute Gasteiger partial charge is 0.406 e.